The van der Waals surface area contributed by atoms with Crippen LogP contribution in [0.25, 0.3) is 0 Å². The Morgan fingerprint density at radius 1 is 1.33 bits per heavy atom. The van der Waals surface area contributed by atoms with Crippen LogP contribution in [0.5, 0.6) is 0 Å². The van der Waals surface area contributed by atoms with Crippen LogP contribution < -0.4 is 11.1 Å². The topological polar surface area (TPSA) is 38.0 Å². The molecule has 0 spiro atoms. The van der Waals surface area contributed by atoms with Crippen molar-refractivity contribution < 1.29 is 0 Å². The molecule has 0 aliphatic carbocycles. The predicted molar refractivity (Wildman–Crippen MR) is 50.5 cm³/mol. The third-order valence-corrected chi connectivity index (χ3v) is 1.62. The monoisotopic (exact) mass is 163 g/mol. The zero-order valence-electron chi connectivity index (χ0n) is 7.54. The number of nitrogens with one attached hydrogen (secondary N) is 1. The van der Waals surface area contributed by atoms with Crippen LogP contribution in [0.15, 0.2) is 24.3 Å². The minimum absolute atomic E-state index is 0.0698. The van der Waals surface area contributed by atoms with Crippen molar-refractivity contribution in [3.05, 3.63) is 35.9 Å². The fourth-order valence-electron chi connectivity index (χ4n) is 1.06. The molecular weight excluding hydrogens is 148 g/mol. The molecule has 0 aromatic heterocycles. The lowest BCUT2D eigenvalue weighted by Crippen LogP contribution is -2.33. The van der Waals surface area contributed by atoms with Crippen LogP contribution in [0.4, 0.5) is 0 Å². The quantitative estimate of drug-likeness (QED) is 0.662. The fraction of sp³-hybridized carbons (Fsp3) is 0.400. The van der Waals surface area contributed by atoms with Gasteiger partial charge >= 0.3 is 0 Å². The van der Waals surface area contributed by atoms with E-state index >= 15 is 0 Å². The van der Waals surface area contributed by atoms with Crippen molar-refractivity contribution in [2.45, 2.75) is 26.1 Å². The first kappa shape index (κ1) is 9.23. The van der Waals surface area contributed by atoms with Crippen LogP contribution in [0, 0.1) is 6.07 Å². The molecule has 12 heavy (non-hydrogen) atoms. The smallest absolute Gasteiger partial charge is 0.0812 e. The van der Waals surface area contributed by atoms with Crippen LogP contribution in [0.1, 0.15) is 25.6 Å². The summed E-state index contributed by atoms with van der Waals surface area (Å²) in [5, 5.41) is 3.22. The predicted octanol–water partition coefficient (Wildman–Crippen LogP) is 1.44. The van der Waals surface area contributed by atoms with E-state index in [1.165, 1.54) is 0 Å². The molecular formula is C10H15N2. The second-order valence-corrected chi connectivity index (χ2v) is 3.13. The number of rotatable bonds is 3. The zero-order valence-corrected chi connectivity index (χ0v) is 7.54. The van der Waals surface area contributed by atoms with Crippen molar-refractivity contribution in [2.75, 3.05) is 0 Å². The van der Waals surface area contributed by atoms with Gasteiger partial charge in [0.05, 0.1) is 6.17 Å². The van der Waals surface area contributed by atoms with Gasteiger partial charge in [0.25, 0.3) is 0 Å². The first-order valence-electron chi connectivity index (χ1n) is 4.18. The highest BCUT2D eigenvalue weighted by molar-refractivity contribution is 5.17. The molecule has 1 radical (unpaired) electrons. The lowest BCUT2D eigenvalue weighted by Gasteiger charge is -2.16. The van der Waals surface area contributed by atoms with E-state index in [-0.39, 0.29) is 6.17 Å². The number of hydrogen-bond donors (Lipinski definition) is 2. The SMILES string of the molecule is CC(C)NC(N)c1cc[c]cc1. The molecule has 1 rings (SSSR count). The molecule has 1 aromatic rings. The van der Waals surface area contributed by atoms with Gasteiger partial charge in [-0.1, -0.05) is 24.3 Å². The fourth-order valence-corrected chi connectivity index (χ4v) is 1.06. The summed E-state index contributed by atoms with van der Waals surface area (Å²) in [5.74, 6) is 0. The van der Waals surface area contributed by atoms with Gasteiger partial charge in [-0.05, 0) is 25.5 Å². The summed E-state index contributed by atoms with van der Waals surface area (Å²) >= 11 is 0. The maximum absolute atomic E-state index is 5.87. The summed E-state index contributed by atoms with van der Waals surface area (Å²) in [7, 11) is 0. The molecule has 0 saturated heterocycles. The first-order chi connectivity index (χ1) is 5.70. The van der Waals surface area contributed by atoms with Gasteiger partial charge in [-0.3, -0.25) is 5.32 Å². The summed E-state index contributed by atoms with van der Waals surface area (Å²) in [5.41, 5.74) is 6.97. The summed E-state index contributed by atoms with van der Waals surface area (Å²) < 4.78 is 0. The van der Waals surface area contributed by atoms with E-state index in [1.54, 1.807) is 0 Å². The van der Waals surface area contributed by atoms with E-state index in [9.17, 15) is 0 Å². The Bertz CT molecular complexity index is 219. The molecule has 2 heteroatoms. The van der Waals surface area contributed by atoms with E-state index in [2.05, 4.69) is 25.2 Å². The molecule has 2 nitrogen and oxygen atoms in total. The molecule has 1 atom stereocenters. The lowest BCUT2D eigenvalue weighted by atomic mass is 10.1. The second kappa shape index (κ2) is 4.24. The van der Waals surface area contributed by atoms with Gasteiger partial charge in [0.2, 0.25) is 0 Å². The van der Waals surface area contributed by atoms with E-state index in [1.807, 2.05) is 24.3 Å². The zero-order chi connectivity index (χ0) is 8.97. The van der Waals surface area contributed by atoms with Gasteiger partial charge in [-0.25, -0.2) is 0 Å². The molecule has 0 fully saturated rings. The van der Waals surface area contributed by atoms with Gasteiger partial charge in [-0.2, -0.15) is 0 Å². The Morgan fingerprint density at radius 2 is 1.92 bits per heavy atom. The lowest BCUT2D eigenvalue weighted by molar-refractivity contribution is 0.490. The van der Waals surface area contributed by atoms with E-state index in [0.717, 1.165) is 5.56 Å². The normalized spacial score (nSPS) is 13.3. The maximum atomic E-state index is 5.87. The Kier molecular flexibility index (Phi) is 3.26. The van der Waals surface area contributed by atoms with Crippen molar-refractivity contribution >= 4 is 0 Å². The average molecular weight is 163 g/mol. The molecule has 0 saturated carbocycles. The molecule has 1 aromatic carbocycles. The van der Waals surface area contributed by atoms with Crippen molar-refractivity contribution in [1.82, 2.24) is 5.32 Å². The van der Waals surface area contributed by atoms with Crippen LogP contribution in [-0.2, 0) is 0 Å². The standard InChI is InChI=1S/C10H15N2/c1-8(2)12-10(11)9-6-4-3-5-7-9/h4-8,10,12H,11H2,1-2H3. The van der Waals surface area contributed by atoms with E-state index < -0.39 is 0 Å². The second-order valence-electron chi connectivity index (χ2n) is 3.13. The Hall–Kier alpha value is -0.860. The summed E-state index contributed by atoms with van der Waals surface area (Å²) in [6, 6.07) is 11.1. The maximum Gasteiger partial charge on any atom is 0.0812 e. The van der Waals surface area contributed by atoms with Gasteiger partial charge in [0.1, 0.15) is 0 Å². The summed E-state index contributed by atoms with van der Waals surface area (Å²) in [4.78, 5) is 0. The molecule has 3 N–H and O–H groups in total. The molecule has 0 bridgehead atoms. The highest BCUT2D eigenvalue weighted by atomic mass is 15.0. The van der Waals surface area contributed by atoms with Crippen molar-refractivity contribution in [2.24, 2.45) is 5.73 Å². The number of nitrogens with two attached hydrogens (primary N) is 1. The number of hydrogen-bond acceptors (Lipinski definition) is 2. The summed E-state index contributed by atoms with van der Waals surface area (Å²) in [6.07, 6.45) is -0.0698. The molecule has 0 aliphatic rings. The van der Waals surface area contributed by atoms with Crippen LogP contribution >= 0.6 is 0 Å². The molecule has 1 unspecified atom stereocenters. The van der Waals surface area contributed by atoms with E-state index in [4.69, 9.17) is 5.73 Å². The first-order valence-corrected chi connectivity index (χ1v) is 4.18. The summed E-state index contributed by atoms with van der Waals surface area (Å²) in [6.45, 7) is 4.16. The molecule has 0 amide bonds. The van der Waals surface area contributed by atoms with Gasteiger partial charge in [0, 0.05) is 6.04 Å². The van der Waals surface area contributed by atoms with Gasteiger partial charge in [0.15, 0.2) is 0 Å². The Morgan fingerprint density at radius 3 is 2.42 bits per heavy atom. The largest absolute Gasteiger partial charge is 0.312 e. The molecule has 0 heterocycles. The minimum atomic E-state index is -0.0698. The third-order valence-electron chi connectivity index (χ3n) is 1.62. The highest BCUT2D eigenvalue weighted by Gasteiger charge is 2.04. The Balaban J connectivity index is 2.59. The van der Waals surface area contributed by atoms with Crippen molar-refractivity contribution in [3.8, 4) is 0 Å². The minimum Gasteiger partial charge on any atom is -0.312 e. The highest BCUT2D eigenvalue weighted by Crippen LogP contribution is 2.06. The third kappa shape index (κ3) is 2.64. The average Bonchev–Trinajstić information content (AvgIpc) is 2.05. The van der Waals surface area contributed by atoms with Crippen LogP contribution in [0.3, 0.4) is 0 Å². The molecule has 0 aliphatic heterocycles. The molecule has 65 valence electrons. The number of benzene rings is 1. The van der Waals surface area contributed by atoms with E-state index in [0.29, 0.717) is 6.04 Å². The Labute approximate surface area is 73.8 Å². The van der Waals surface area contributed by atoms with Crippen molar-refractivity contribution in [3.63, 3.8) is 0 Å². The van der Waals surface area contributed by atoms with Crippen LogP contribution in [-0.4, -0.2) is 6.04 Å². The van der Waals surface area contributed by atoms with Gasteiger partial charge in [-0.15, -0.1) is 0 Å². The van der Waals surface area contributed by atoms with Gasteiger partial charge < -0.3 is 5.73 Å². The van der Waals surface area contributed by atoms with Crippen LogP contribution in [0.2, 0.25) is 0 Å². The van der Waals surface area contributed by atoms with Crippen molar-refractivity contribution in [1.29, 1.82) is 0 Å².